The summed E-state index contributed by atoms with van der Waals surface area (Å²) in [6.45, 7) is 7.22. The van der Waals surface area contributed by atoms with Gasteiger partial charge in [-0.2, -0.15) is 0 Å². The molecule has 0 amide bonds. The standard InChI is InChI=1S/C24H35N3O2/c1-22(29)10-11-23(2)16(14-22)4-5-17-18-6-7-20(24(18,3)9-8-19(17)23)21(28)15-27-13-12-25-26-27/h8,12-13,16-18,20,29H,4-7,9-11,14-15H2,1-3H3/t16-,17-,18?,20+,22+,23-,24-/m0/s1. The summed E-state index contributed by atoms with van der Waals surface area (Å²) < 4.78 is 1.67. The first-order valence-corrected chi connectivity index (χ1v) is 11.5. The summed E-state index contributed by atoms with van der Waals surface area (Å²) in [6, 6.07) is 0. The Kier molecular flexibility index (Phi) is 4.37. The summed E-state index contributed by atoms with van der Waals surface area (Å²) in [5.74, 6) is 2.30. The maximum Gasteiger partial charge on any atom is 0.157 e. The Morgan fingerprint density at radius 1 is 1.21 bits per heavy atom. The van der Waals surface area contributed by atoms with Gasteiger partial charge in [-0.1, -0.05) is 30.7 Å². The number of nitrogens with zero attached hydrogens (tertiary/aromatic N) is 3. The first-order valence-electron chi connectivity index (χ1n) is 11.5. The van der Waals surface area contributed by atoms with Gasteiger partial charge in [-0.25, -0.2) is 4.68 Å². The monoisotopic (exact) mass is 397 g/mol. The molecular weight excluding hydrogens is 362 g/mol. The summed E-state index contributed by atoms with van der Waals surface area (Å²) >= 11 is 0. The summed E-state index contributed by atoms with van der Waals surface area (Å²) in [5, 5.41) is 18.5. The minimum absolute atomic E-state index is 0.0786. The number of aliphatic hydroxyl groups is 1. The molecule has 5 nitrogen and oxygen atoms in total. The van der Waals surface area contributed by atoms with Crippen molar-refractivity contribution in [2.24, 2.45) is 34.5 Å². The topological polar surface area (TPSA) is 68.0 Å². The van der Waals surface area contributed by atoms with Crippen molar-refractivity contribution in [3.8, 4) is 0 Å². The molecule has 1 N–H and O–H groups in total. The van der Waals surface area contributed by atoms with Crippen LogP contribution in [0.15, 0.2) is 24.0 Å². The van der Waals surface area contributed by atoms with Crippen molar-refractivity contribution in [3.63, 3.8) is 0 Å². The van der Waals surface area contributed by atoms with Crippen LogP contribution in [0.2, 0.25) is 0 Å². The lowest BCUT2D eigenvalue weighted by atomic mass is 9.47. The molecule has 4 aliphatic rings. The number of aromatic nitrogens is 3. The van der Waals surface area contributed by atoms with Crippen LogP contribution >= 0.6 is 0 Å². The predicted molar refractivity (Wildman–Crippen MR) is 111 cm³/mol. The molecule has 0 radical (unpaired) electrons. The second kappa shape index (κ2) is 6.50. The predicted octanol–water partition coefficient (Wildman–Crippen LogP) is 4.18. The SMILES string of the molecule is C[C@@]1(O)CC[C@]2(C)C3=CC[C@@]4(C)C(CC[C@@H]4C(=O)Cn4ccnn4)[C@@H]3CC[C@H]2C1. The lowest BCUT2D eigenvalue weighted by Crippen LogP contribution is -2.51. The first-order chi connectivity index (χ1) is 13.7. The van der Waals surface area contributed by atoms with Gasteiger partial charge in [0.1, 0.15) is 6.54 Å². The van der Waals surface area contributed by atoms with Crippen LogP contribution < -0.4 is 0 Å². The minimum atomic E-state index is -0.493. The van der Waals surface area contributed by atoms with Crippen molar-refractivity contribution < 1.29 is 9.90 Å². The molecule has 1 aromatic heterocycles. The van der Waals surface area contributed by atoms with E-state index in [-0.39, 0.29) is 16.7 Å². The number of rotatable bonds is 3. The van der Waals surface area contributed by atoms with Crippen LogP contribution in [-0.4, -0.2) is 31.5 Å². The van der Waals surface area contributed by atoms with Crippen molar-refractivity contribution in [1.82, 2.24) is 15.0 Å². The normalized spacial score (nSPS) is 46.4. The summed E-state index contributed by atoms with van der Waals surface area (Å²) in [5.41, 5.74) is 1.51. The molecule has 1 heterocycles. The zero-order chi connectivity index (χ0) is 20.4. The second-order valence-electron chi connectivity index (χ2n) is 11.2. The van der Waals surface area contributed by atoms with Crippen molar-refractivity contribution in [2.45, 2.75) is 84.3 Å². The van der Waals surface area contributed by atoms with E-state index >= 15 is 0 Å². The number of allylic oxidation sites excluding steroid dienone is 2. The van der Waals surface area contributed by atoms with Gasteiger partial charge in [0, 0.05) is 12.1 Å². The van der Waals surface area contributed by atoms with Gasteiger partial charge >= 0.3 is 0 Å². The van der Waals surface area contributed by atoms with Crippen LogP contribution in [0.4, 0.5) is 0 Å². The quantitative estimate of drug-likeness (QED) is 0.777. The van der Waals surface area contributed by atoms with Gasteiger partial charge in [0.05, 0.1) is 11.8 Å². The fourth-order valence-corrected chi connectivity index (χ4v) is 7.82. The van der Waals surface area contributed by atoms with Crippen molar-refractivity contribution in [2.75, 3.05) is 0 Å². The Bertz CT molecular complexity index is 829. The van der Waals surface area contributed by atoms with E-state index < -0.39 is 5.60 Å². The Balaban J connectivity index is 1.40. The molecule has 0 aliphatic heterocycles. The fourth-order valence-electron chi connectivity index (χ4n) is 7.82. The average Bonchev–Trinajstić information content (AvgIpc) is 3.29. The van der Waals surface area contributed by atoms with E-state index in [1.807, 2.05) is 6.92 Å². The highest BCUT2D eigenvalue weighted by molar-refractivity contribution is 5.82. The van der Waals surface area contributed by atoms with Crippen molar-refractivity contribution in [1.29, 1.82) is 0 Å². The zero-order valence-electron chi connectivity index (χ0n) is 18.1. The molecular formula is C24H35N3O2. The third-order valence-corrected chi connectivity index (χ3v) is 9.49. The highest BCUT2D eigenvalue weighted by Gasteiger charge is 2.59. The molecule has 1 aromatic rings. The number of ketones is 1. The van der Waals surface area contributed by atoms with E-state index in [0.717, 1.165) is 32.1 Å². The Hall–Kier alpha value is -1.49. The molecule has 7 atom stereocenters. The number of carbonyl (C=O) groups is 1. The molecule has 0 aromatic carbocycles. The van der Waals surface area contributed by atoms with E-state index in [4.69, 9.17) is 0 Å². The molecule has 0 saturated heterocycles. The van der Waals surface area contributed by atoms with Gasteiger partial charge in [0.15, 0.2) is 5.78 Å². The van der Waals surface area contributed by atoms with E-state index in [9.17, 15) is 9.90 Å². The molecule has 3 saturated carbocycles. The van der Waals surface area contributed by atoms with Gasteiger partial charge in [-0.15, -0.1) is 5.10 Å². The molecule has 3 fully saturated rings. The van der Waals surface area contributed by atoms with Crippen LogP contribution in [0.5, 0.6) is 0 Å². The second-order valence-corrected chi connectivity index (χ2v) is 11.2. The summed E-state index contributed by atoms with van der Waals surface area (Å²) in [4.78, 5) is 13.2. The molecule has 5 heteroatoms. The highest BCUT2D eigenvalue weighted by Crippen LogP contribution is 2.66. The largest absolute Gasteiger partial charge is 0.390 e. The van der Waals surface area contributed by atoms with Crippen LogP contribution in [0.25, 0.3) is 0 Å². The minimum Gasteiger partial charge on any atom is -0.390 e. The van der Waals surface area contributed by atoms with Crippen LogP contribution in [0, 0.1) is 34.5 Å². The lowest BCUT2D eigenvalue weighted by Gasteiger charge is -2.58. The number of hydrogen-bond donors (Lipinski definition) is 1. The Labute approximate surface area is 173 Å². The zero-order valence-corrected chi connectivity index (χ0v) is 18.1. The first kappa shape index (κ1) is 19.5. The lowest BCUT2D eigenvalue weighted by molar-refractivity contribution is -0.128. The molecule has 4 aliphatic carbocycles. The maximum atomic E-state index is 13.2. The van der Waals surface area contributed by atoms with Crippen molar-refractivity contribution in [3.05, 3.63) is 24.0 Å². The van der Waals surface area contributed by atoms with Crippen LogP contribution in [0.3, 0.4) is 0 Å². The molecule has 1 unspecified atom stereocenters. The number of carbonyl (C=O) groups excluding carboxylic acids is 1. The highest BCUT2D eigenvalue weighted by atomic mass is 16.3. The van der Waals surface area contributed by atoms with Gasteiger partial charge in [-0.05, 0) is 86.9 Å². The third kappa shape index (κ3) is 2.95. The summed E-state index contributed by atoms with van der Waals surface area (Å²) in [6.07, 6.45) is 14.6. The summed E-state index contributed by atoms with van der Waals surface area (Å²) in [7, 11) is 0. The van der Waals surface area contributed by atoms with Gasteiger partial charge < -0.3 is 5.11 Å². The van der Waals surface area contributed by atoms with Gasteiger partial charge in [-0.3, -0.25) is 4.79 Å². The Morgan fingerprint density at radius 3 is 2.79 bits per heavy atom. The molecule has 0 spiro atoms. The maximum absolute atomic E-state index is 13.2. The van der Waals surface area contributed by atoms with E-state index in [1.165, 1.54) is 19.3 Å². The van der Waals surface area contributed by atoms with Gasteiger partial charge in [0.2, 0.25) is 0 Å². The van der Waals surface area contributed by atoms with Gasteiger partial charge in [0.25, 0.3) is 0 Å². The molecule has 5 rings (SSSR count). The molecule has 29 heavy (non-hydrogen) atoms. The fraction of sp³-hybridized carbons (Fsp3) is 0.792. The average molecular weight is 398 g/mol. The van der Waals surface area contributed by atoms with E-state index in [2.05, 4.69) is 30.2 Å². The van der Waals surface area contributed by atoms with Crippen molar-refractivity contribution >= 4 is 5.78 Å². The van der Waals surface area contributed by atoms with E-state index in [1.54, 1.807) is 22.6 Å². The van der Waals surface area contributed by atoms with Crippen LogP contribution in [-0.2, 0) is 11.3 Å². The number of hydrogen-bond acceptors (Lipinski definition) is 4. The number of fused-ring (bicyclic) bond motifs is 5. The van der Waals surface area contributed by atoms with E-state index in [0.29, 0.717) is 30.1 Å². The Morgan fingerprint density at radius 2 is 2.03 bits per heavy atom. The molecule has 158 valence electrons. The number of Topliss-reactive ketones (excluding diaryl/α,β-unsaturated/α-hetero) is 1. The smallest absolute Gasteiger partial charge is 0.157 e. The third-order valence-electron chi connectivity index (χ3n) is 9.49. The van der Waals surface area contributed by atoms with Crippen LogP contribution in [0.1, 0.15) is 72.1 Å². The molecule has 0 bridgehead atoms.